The van der Waals surface area contributed by atoms with E-state index in [1.165, 1.54) is 9.91 Å². The molecule has 2 fully saturated rings. The summed E-state index contributed by atoms with van der Waals surface area (Å²) < 4.78 is 0. The summed E-state index contributed by atoms with van der Waals surface area (Å²) in [6.45, 7) is 0.535. The summed E-state index contributed by atoms with van der Waals surface area (Å²) in [4.78, 5) is 58.2. The Morgan fingerprint density at radius 3 is 2.41 bits per heavy atom. The molecule has 7 rings (SSSR count). The zero-order chi connectivity index (χ0) is 37.8. The molecule has 5 amide bonds. The number of carbonyl (C=O) groups excluding carboxylic acids is 4. The largest absolute Gasteiger partial charge is 0.508 e. The number of carbonyl (C=O) groups is 4. The van der Waals surface area contributed by atoms with Crippen molar-refractivity contribution in [2.45, 2.75) is 44.2 Å². The van der Waals surface area contributed by atoms with E-state index in [0.717, 1.165) is 27.8 Å². The molecule has 0 bridgehead atoms. The molecule has 3 aliphatic rings. The Kier molecular flexibility index (Phi) is 10.4. The number of fused-ring (bicyclic) bond motifs is 2. The summed E-state index contributed by atoms with van der Waals surface area (Å²) >= 11 is 0. The van der Waals surface area contributed by atoms with Crippen LogP contribution in [0.4, 0.5) is 10.5 Å². The van der Waals surface area contributed by atoms with Gasteiger partial charge < -0.3 is 25.5 Å². The van der Waals surface area contributed by atoms with E-state index in [2.05, 4.69) is 26.8 Å². The van der Waals surface area contributed by atoms with Gasteiger partial charge in [0.1, 0.15) is 24.0 Å². The van der Waals surface area contributed by atoms with Crippen LogP contribution in [0.3, 0.4) is 0 Å². The van der Waals surface area contributed by atoms with Gasteiger partial charge in [0.25, 0.3) is 5.91 Å². The van der Waals surface area contributed by atoms with Gasteiger partial charge in [-0.2, -0.15) is 10.2 Å². The Morgan fingerprint density at radius 2 is 1.63 bits per heavy atom. The molecule has 3 heterocycles. The lowest BCUT2D eigenvalue weighted by Gasteiger charge is -2.54. The molecule has 13 nitrogen and oxygen atoms in total. The van der Waals surface area contributed by atoms with E-state index < -0.39 is 18.2 Å². The van der Waals surface area contributed by atoms with Gasteiger partial charge in [-0.25, -0.2) is 14.8 Å². The van der Waals surface area contributed by atoms with Crippen molar-refractivity contribution in [2.24, 2.45) is 10.2 Å². The van der Waals surface area contributed by atoms with Crippen LogP contribution in [0.1, 0.15) is 44.2 Å². The number of benzene rings is 4. The fraction of sp³-hybridized carbons (Fsp3) is 0.268. The quantitative estimate of drug-likeness (QED) is 0.208. The predicted octanol–water partition coefficient (Wildman–Crippen LogP) is 4.32. The number of rotatable bonds is 10. The van der Waals surface area contributed by atoms with Crippen LogP contribution in [0.5, 0.6) is 5.75 Å². The highest BCUT2D eigenvalue weighted by molar-refractivity contribution is 5.96. The second kappa shape index (κ2) is 15.6. The smallest absolute Gasteiger partial charge is 0.334 e. The van der Waals surface area contributed by atoms with Crippen molar-refractivity contribution >= 4 is 29.4 Å². The molecule has 4 aromatic rings. The van der Waals surface area contributed by atoms with E-state index >= 15 is 0 Å². The van der Waals surface area contributed by atoms with E-state index in [4.69, 9.17) is 6.42 Å². The van der Waals surface area contributed by atoms with E-state index in [9.17, 15) is 24.3 Å². The van der Waals surface area contributed by atoms with Gasteiger partial charge in [0, 0.05) is 44.1 Å². The molecule has 0 aromatic heterocycles. The summed E-state index contributed by atoms with van der Waals surface area (Å²) in [5.74, 6) is 1.72. The Balaban J connectivity index is 1.17. The lowest BCUT2D eigenvalue weighted by Crippen LogP contribution is -2.76. The minimum Gasteiger partial charge on any atom is -0.508 e. The maximum absolute atomic E-state index is 14.5. The molecule has 0 radical (unpaired) electrons. The Bertz CT molecular complexity index is 2130. The SMILES string of the molecule is C#CCNC(=O)c1ccccc1CC1N=Nc2c(CN3C[C@H]4N(C(=O)CN(C)N4C(=O)NCc4ccccc4)[C@@H](Cc4ccc(O)cc4)C3=O)cccc21. The van der Waals surface area contributed by atoms with E-state index in [-0.39, 0.29) is 68.7 Å². The van der Waals surface area contributed by atoms with Crippen LogP contribution in [-0.2, 0) is 35.5 Å². The number of urea groups is 1. The number of hydrogen-bond donors (Lipinski definition) is 3. The third-order valence-corrected chi connectivity index (χ3v) is 9.99. The molecule has 274 valence electrons. The van der Waals surface area contributed by atoms with Crippen LogP contribution in [0.15, 0.2) is 107 Å². The monoisotopic (exact) mass is 724 g/mol. The van der Waals surface area contributed by atoms with Gasteiger partial charge >= 0.3 is 6.03 Å². The third kappa shape index (κ3) is 7.37. The van der Waals surface area contributed by atoms with Crippen LogP contribution in [-0.4, -0.2) is 87.6 Å². The van der Waals surface area contributed by atoms with E-state index in [0.29, 0.717) is 17.7 Å². The average molecular weight is 725 g/mol. The predicted molar refractivity (Wildman–Crippen MR) is 200 cm³/mol. The zero-order valence-corrected chi connectivity index (χ0v) is 29.8. The van der Waals surface area contributed by atoms with Crippen LogP contribution < -0.4 is 10.6 Å². The van der Waals surface area contributed by atoms with Gasteiger partial charge in [-0.05, 0) is 40.5 Å². The first-order chi connectivity index (χ1) is 26.2. The minimum absolute atomic E-state index is 0.0597. The number of likely N-dealkylation sites (N-methyl/N-ethyl adjacent to an activating group) is 1. The molecule has 1 unspecified atom stereocenters. The topological polar surface area (TPSA) is 150 Å². The fourth-order valence-electron chi connectivity index (χ4n) is 7.39. The van der Waals surface area contributed by atoms with E-state index in [1.807, 2.05) is 60.7 Å². The molecule has 0 saturated carbocycles. The average Bonchev–Trinajstić information content (AvgIpc) is 3.59. The third-order valence-electron chi connectivity index (χ3n) is 9.99. The van der Waals surface area contributed by atoms with Crippen LogP contribution in [0.25, 0.3) is 0 Å². The fourth-order valence-corrected chi connectivity index (χ4v) is 7.39. The Labute approximate surface area is 313 Å². The first-order valence-electron chi connectivity index (χ1n) is 17.7. The van der Waals surface area contributed by atoms with Crippen molar-refractivity contribution in [3.63, 3.8) is 0 Å². The van der Waals surface area contributed by atoms with Crippen molar-refractivity contribution in [1.29, 1.82) is 0 Å². The van der Waals surface area contributed by atoms with Crippen LogP contribution in [0, 0.1) is 12.3 Å². The first kappa shape index (κ1) is 35.9. The Hall–Kier alpha value is -6.52. The number of hydrazine groups is 1. The second-order valence-electron chi connectivity index (χ2n) is 13.5. The Morgan fingerprint density at radius 1 is 0.889 bits per heavy atom. The van der Waals surface area contributed by atoms with E-state index in [1.54, 1.807) is 53.4 Å². The standard InChI is InChI=1S/C41H40N8O5/c1-3-20-42-39(52)32-14-8-7-12-29(32)22-34-33-15-9-13-30(38(33)45-44-34)24-47-25-36-48(35(40(47)53)21-27-16-18-31(50)19-17-27)37(51)26-46(2)49(36)41(54)43-23-28-10-5-4-6-11-28/h1,4-19,34-36,50H,20-26H2,2H3,(H,42,52)(H,43,54)/t34?,35-,36-/m0/s1. The number of piperazine rings is 1. The number of nitrogens with zero attached hydrogens (tertiary/aromatic N) is 6. The lowest BCUT2D eigenvalue weighted by atomic mass is 9.94. The number of terminal acetylenes is 1. The summed E-state index contributed by atoms with van der Waals surface area (Å²) in [7, 11) is 1.69. The lowest BCUT2D eigenvalue weighted by molar-refractivity contribution is -0.187. The zero-order valence-electron chi connectivity index (χ0n) is 29.8. The summed E-state index contributed by atoms with van der Waals surface area (Å²) in [5.41, 5.74) is 5.27. The van der Waals surface area contributed by atoms with Gasteiger partial charge in [-0.15, -0.1) is 6.42 Å². The minimum atomic E-state index is -0.915. The number of aromatic hydroxyl groups is 1. The molecule has 0 aliphatic carbocycles. The van der Waals surface area contributed by atoms with Crippen molar-refractivity contribution in [3.05, 3.63) is 130 Å². The number of hydrogen-bond acceptors (Lipinski definition) is 8. The van der Waals surface area contributed by atoms with Crippen molar-refractivity contribution < 1.29 is 24.3 Å². The number of nitrogens with one attached hydrogen (secondary N) is 2. The molecule has 3 atom stereocenters. The molecule has 54 heavy (non-hydrogen) atoms. The van der Waals surface area contributed by atoms with Crippen molar-refractivity contribution in [3.8, 4) is 18.1 Å². The number of phenolic OH excluding ortho intramolecular Hbond substituents is 1. The highest BCUT2D eigenvalue weighted by atomic mass is 16.3. The number of phenols is 1. The maximum atomic E-state index is 14.5. The van der Waals surface area contributed by atoms with Crippen molar-refractivity contribution in [2.75, 3.05) is 26.7 Å². The van der Waals surface area contributed by atoms with Crippen LogP contribution >= 0.6 is 0 Å². The molecular formula is C41H40N8O5. The molecule has 0 spiro atoms. The normalized spacial score (nSPS) is 19.3. The van der Waals surface area contributed by atoms with Gasteiger partial charge in [0.2, 0.25) is 11.8 Å². The molecule has 2 saturated heterocycles. The van der Waals surface area contributed by atoms with Gasteiger partial charge in [0.15, 0.2) is 0 Å². The maximum Gasteiger partial charge on any atom is 0.334 e. The number of amides is 5. The summed E-state index contributed by atoms with van der Waals surface area (Å²) in [5, 5.41) is 27.9. The highest BCUT2D eigenvalue weighted by Crippen LogP contribution is 2.41. The molecule has 3 aliphatic heterocycles. The molecule has 13 heteroatoms. The number of azo groups is 1. The first-order valence-corrected chi connectivity index (χ1v) is 17.7. The van der Waals surface area contributed by atoms with Gasteiger partial charge in [0.05, 0.1) is 25.3 Å². The molecule has 4 aromatic carbocycles. The van der Waals surface area contributed by atoms with Gasteiger partial charge in [-0.1, -0.05) is 84.8 Å². The summed E-state index contributed by atoms with van der Waals surface area (Å²) in [6.07, 6.45) is 5.16. The van der Waals surface area contributed by atoms with Crippen molar-refractivity contribution in [1.82, 2.24) is 30.5 Å². The molecule has 3 N–H and O–H groups in total. The van der Waals surface area contributed by atoms with Crippen LogP contribution in [0.2, 0.25) is 0 Å². The summed E-state index contributed by atoms with van der Waals surface area (Å²) in [6, 6.07) is 27.5. The molecular weight excluding hydrogens is 685 g/mol. The second-order valence-corrected chi connectivity index (χ2v) is 13.5. The highest BCUT2D eigenvalue weighted by Gasteiger charge is 2.50. The van der Waals surface area contributed by atoms with Gasteiger partial charge in [-0.3, -0.25) is 14.4 Å².